The fraction of sp³-hybridized carbons (Fsp3) is 0.188. The van der Waals surface area contributed by atoms with Crippen LogP contribution in [0.2, 0.25) is 0 Å². The van der Waals surface area contributed by atoms with Gasteiger partial charge in [-0.25, -0.2) is 4.79 Å². The summed E-state index contributed by atoms with van der Waals surface area (Å²) in [6.45, 7) is 0. The first-order chi connectivity index (χ1) is 12.2. The van der Waals surface area contributed by atoms with E-state index in [0.29, 0.717) is 5.75 Å². The third-order valence-electron chi connectivity index (χ3n) is 2.72. The summed E-state index contributed by atoms with van der Waals surface area (Å²) in [4.78, 5) is 10.9. The van der Waals surface area contributed by atoms with Gasteiger partial charge in [-0.1, -0.05) is 42.5 Å². The molecule has 0 saturated carbocycles. The standard InChI is InChI=1S/C16H16O3S.F6P/c1-18-16(17)19-15-9-7-14(8-10-15)12-20-11-13-5-3-2-4-6-13;1-7(2,3,4,5)6/h2-10H,11-12H2,1H3;/q;-1/p+1. The molecule has 0 spiro atoms. The topological polar surface area (TPSA) is 35.5 Å². The summed E-state index contributed by atoms with van der Waals surface area (Å²) < 4.78 is 68.6. The molecule has 27 heavy (non-hydrogen) atoms. The second kappa shape index (κ2) is 8.39. The number of benzene rings is 2. The molecule has 0 atom stereocenters. The monoisotopic (exact) mass is 434 g/mol. The Morgan fingerprint density at radius 3 is 1.74 bits per heavy atom. The van der Waals surface area contributed by atoms with Gasteiger partial charge in [0.05, 0.1) is 7.11 Å². The molecule has 2 rings (SSSR count). The third-order valence-corrected chi connectivity index (χ3v) is 3.90. The van der Waals surface area contributed by atoms with Gasteiger partial charge in [0.25, 0.3) is 0 Å². The van der Waals surface area contributed by atoms with Crippen molar-refractivity contribution in [3.63, 3.8) is 0 Å². The first-order valence-electron chi connectivity index (χ1n) is 7.31. The van der Waals surface area contributed by atoms with Crippen LogP contribution in [0.5, 0.6) is 5.75 Å². The van der Waals surface area contributed by atoms with Gasteiger partial charge in [0.1, 0.15) is 17.3 Å². The van der Waals surface area contributed by atoms with Gasteiger partial charge < -0.3 is 9.47 Å². The van der Waals surface area contributed by atoms with Crippen molar-refractivity contribution in [2.75, 3.05) is 7.11 Å². The van der Waals surface area contributed by atoms with Crippen LogP contribution < -0.4 is 4.74 Å². The summed E-state index contributed by atoms with van der Waals surface area (Å²) in [5.74, 6) is 2.52. The Balaban J connectivity index is 0.000000445. The molecule has 11 heteroatoms. The van der Waals surface area contributed by atoms with Crippen molar-refractivity contribution in [2.45, 2.75) is 11.5 Å². The predicted octanol–water partition coefficient (Wildman–Crippen LogP) is 6.73. The third kappa shape index (κ3) is 14.9. The molecule has 0 N–H and O–H groups in total. The van der Waals surface area contributed by atoms with Crippen molar-refractivity contribution in [1.82, 2.24) is 0 Å². The quantitative estimate of drug-likeness (QED) is 0.131. The summed E-state index contributed by atoms with van der Waals surface area (Å²) in [7, 11) is -9.37. The molecule has 0 aliphatic heterocycles. The molecule has 0 heterocycles. The predicted molar refractivity (Wildman–Crippen MR) is 95.7 cm³/mol. The molecule has 0 aliphatic rings. The Bertz CT molecular complexity index is 725. The number of rotatable bonds is 5. The van der Waals surface area contributed by atoms with E-state index in [2.05, 4.69) is 29.0 Å². The van der Waals surface area contributed by atoms with Gasteiger partial charge in [-0.05, 0) is 23.9 Å². The van der Waals surface area contributed by atoms with Crippen LogP contribution >= 0.6 is 7.81 Å². The average molecular weight is 434 g/mol. The average Bonchev–Trinajstić information content (AvgIpc) is 2.54. The molecule has 0 aromatic heterocycles. The number of ether oxygens (including phenoxy) is 2. The van der Waals surface area contributed by atoms with Crippen LogP contribution in [-0.4, -0.2) is 13.3 Å². The summed E-state index contributed by atoms with van der Waals surface area (Å²) in [6.07, 6.45) is -0.694. The molecule has 0 bridgehead atoms. The molecular weight excluding hydrogens is 417 g/mol. The van der Waals surface area contributed by atoms with Gasteiger partial charge in [0.15, 0.2) is 0 Å². The van der Waals surface area contributed by atoms with E-state index in [1.165, 1.54) is 30.0 Å². The normalized spacial score (nSPS) is 13.4. The van der Waals surface area contributed by atoms with E-state index in [1.807, 2.05) is 18.2 Å². The summed E-state index contributed by atoms with van der Waals surface area (Å²) >= 11 is 1.35. The van der Waals surface area contributed by atoms with Crippen LogP contribution in [0.3, 0.4) is 0 Å². The number of halogens is 6. The molecule has 0 amide bonds. The Morgan fingerprint density at radius 1 is 0.852 bits per heavy atom. The molecular formula is C16H17F6O3PS. The van der Waals surface area contributed by atoms with Crippen molar-refractivity contribution in [1.29, 1.82) is 0 Å². The summed E-state index contributed by atoms with van der Waals surface area (Å²) in [5, 5.41) is 0. The molecule has 0 saturated heterocycles. The van der Waals surface area contributed by atoms with E-state index in [-0.39, 0.29) is 0 Å². The number of carbonyl (C=O) groups is 1. The van der Waals surface area contributed by atoms with Gasteiger partial charge in [-0.3, -0.25) is 0 Å². The second-order valence-electron chi connectivity index (χ2n) is 5.18. The molecule has 152 valence electrons. The maximum atomic E-state index is 10.9. The van der Waals surface area contributed by atoms with Crippen LogP contribution in [0.1, 0.15) is 11.1 Å². The number of methoxy groups -OCH3 is 1. The van der Waals surface area contributed by atoms with Crippen molar-refractivity contribution < 1.29 is 39.4 Å². The fourth-order valence-electron chi connectivity index (χ4n) is 1.70. The van der Waals surface area contributed by atoms with Crippen molar-refractivity contribution in [3.8, 4) is 5.75 Å². The van der Waals surface area contributed by atoms with E-state index in [9.17, 15) is 30.0 Å². The molecule has 0 unspecified atom stereocenters. The van der Waals surface area contributed by atoms with Gasteiger partial charge in [-0.2, -0.15) is 0 Å². The van der Waals surface area contributed by atoms with E-state index < -0.39 is 14.0 Å². The van der Waals surface area contributed by atoms with E-state index in [4.69, 9.17) is 4.74 Å². The minimum atomic E-state index is -10.7. The maximum absolute atomic E-state index is 10.9. The number of carbonyl (C=O) groups excluding carboxylic acids is 1. The number of thiol groups is 1. The Hall–Kier alpha value is -1.93. The Morgan fingerprint density at radius 2 is 1.30 bits per heavy atom. The summed E-state index contributed by atoms with van der Waals surface area (Å²) in [6, 6.07) is 17.9. The van der Waals surface area contributed by atoms with Gasteiger partial charge in [0, 0.05) is 11.1 Å². The van der Waals surface area contributed by atoms with Crippen LogP contribution in [-0.2, 0) is 28.0 Å². The fourth-order valence-corrected chi connectivity index (χ4v) is 2.75. The second-order valence-corrected chi connectivity index (χ2v) is 8.18. The van der Waals surface area contributed by atoms with Crippen molar-refractivity contribution in [3.05, 3.63) is 65.7 Å². The zero-order valence-electron chi connectivity index (χ0n) is 14.0. The Kier molecular flexibility index (Phi) is 7.18. The molecule has 0 aliphatic carbocycles. The van der Waals surface area contributed by atoms with E-state index in [1.54, 1.807) is 12.1 Å². The molecule has 0 radical (unpaired) electrons. The van der Waals surface area contributed by atoms with Gasteiger partial charge in [-0.15, -0.1) is 0 Å². The molecule has 2 aromatic rings. The van der Waals surface area contributed by atoms with Crippen LogP contribution in [0.25, 0.3) is 0 Å². The van der Waals surface area contributed by atoms with Crippen LogP contribution in [0, 0.1) is 0 Å². The van der Waals surface area contributed by atoms with Crippen LogP contribution in [0.15, 0.2) is 54.6 Å². The molecule has 2 aromatic carbocycles. The van der Waals surface area contributed by atoms with Crippen molar-refractivity contribution in [2.24, 2.45) is 0 Å². The van der Waals surface area contributed by atoms with Gasteiger partial charge in [0.2, 0.25) is 0 Å². The zero-order valence-corrected chi connectivity index (χ0v) is 15.8. The molecule has 0 fully saturated rings. The zero-order chi connectivity index (χ0) is 20.6. The van der Waals surface area contributed by atoms with E-state index >= 15 is 0 Å². The number of hydrogen-bond donors (Lipinski definition) is 0. The Labute approximate surface area is 155 Å². The summed E-state index contributed by atoms with van der Waals surface area (Å²) in [5.41, 5.74) is 2.57. The first kappa shape index (κ1) is 23.1. The van der Waals surface area contributed by atoms with Gasteiger partial charge >= 0.3 is 39.1 Å². The first-order valence-corrected chi connectivity index (χ1v) is 10.6. The van der Waals surface area contributed by atoms with E-state index in [0.717, 1.165) is 11.5 Å². The van der Waals surface area contributed by atoms with Crippen molar-refractivity contribution >= 4 is 25.7 Å². The SMILES string of the molecule is COC(=O)Oc1ccc(C[SH+]Cc2ccccc2)cc1.F[P-](F)(F)(F)(F)F. The molecule has 3 nitrogen and oxygen atoms in total. The number of hydrogen-bond acceptors (Lipinski definition) is 3. The minimum absolute atomic E-state index is 0.500. The van der Waals surface area contributed by atoms with Crippen LogP contribution in [0.4, 0.5) is 30.0 Å².